The summed E-state index contributed by atoms with van der Waals surface area (Å²) in [5.74, 6) is -0.0122. The number of aliphatic carboxylic acids is 1. The minimum absolute atomic E-state index is 0.141. The van der Waals surface area contributed by atoms with Crippen molar-refractivity contribution >= 4 is 5.97 Å². The summed E-state index contributed by atoms with van der Waals surface area (Å²) in [7, 11) is 0. The molecule has 1 saturated carbocycles. The molecule has 12 heavy (non-hydrogen) atoms. The Balaban J connectivity index is 2.25. The lowest BCUT2D eigenvalue weighted by Crippen LogP contribution is -2.31. The van der Waals surface area contributed by atoms with Crippen molar-refractivity contribution in [3.63, 3.8) is 0 Å². The molecule has 0 saturated heterocycles. The van der Waals surface area contributed by atoms with E-state index < -0.39 is 5.97 Å². The van der Waals surface area contributed by atoms with Crippen molar-refractivity contribution in [1.29, 1.82) is 0 Å². The Morgan fingerprint density at radius 1 is 1.67 bits per heavy atom. The van der Waals surface area contributed by atoms with E-state index in [1.807, 2.05) is 4.90 Å². The van der Waals surface area contributed by atoms with Gasteiger partial charge >= 0.3 is 5.97 Å². The molecule has 68 valence electrons. The Bertz CT molecular complexity index is 175. The molecular weight excluding hydrogens is 154 g/mol. The average molecular weight is 169 g/mol. The Kier molecular flexibility index (Phi) is 3.29. The van der Waals surface area contributed by atoms with E-state index in [0.29, 0.717) is 6.54 Å². The highest BCUT2D eigenvalue weighted by Gasteiger charge is 2.24. The lowest BCUT2D eigenvalue weighted by atomic mass is 10.3. The molecule has 1 aliphatic carbocycles. The molecule has 1 N–H and O–H groups in total. The van der Waals surface area contributed by atoms with E-state index in [4.69, 9.17) is 5.11 Å². The summed E-state index contributed by atoms with van der Waals surface area (Å²) in [4.78, 5) is 12.3. The zero-order valence-corrected chi connectivity index (χ0v) is 7.20. The summed E-state index contributed by atoms with van der Waals surface area (Å²) >= 11 is 0. The van der Waals surface area contributed by atoms with Crippen LogP contribution in [0.5, 0.6) is 0 Å². The normalized spacial score (nSPS) is 16.4. The third-order valence-corrected chi connectivity index (χ3v) is 1.96. The molecule has 0 heterocycles. The zero-order chi connectivity index (χ0) is 8.97. The molecule has 0 atom stereocenters. The zero-order valence-electron chi connectivity index (χ0n) is 7.20. The van der Waals surface area contributed by atoms with Crippen molar-refractivity contribution in [2.45, 2.75) is 12.8 Å². The van der Waals surface area contributed by atoms with Crippen LogP contribution in [0.15, 0.2) is 12.7 Å². The molecule has 1 aliphatic rings. The smallest absolute Gasteiger partial charge is 0.317 e. The first-order valence-electron chi connectivity index (χ1n) is 4.27. The number of rotatable bonds is 6. The minimum atomic E-state index is -0.752. The summed E-state index contributed by atoms with van der Waals surface area (Å²) < 4.78 is 0. The van der Waals surface area contributed by atoms with Crippen LogP contribution in [-0.4, -0.2) is 35.6 Å². The Morgan fingerprint density at radius 3 is 2.75 bits per heavy atom. The van der Waals surface area contributed by atoms with Crippen LogP contribution < -0.4 is 0 Å². The summed E-state index contributed by atoms with van der Waals surface area (Å²) in [6, 6.07) is 0. The van der Waals surface area contributed by atoms with Crippen LogP contribution in [0.4, 0.5) is 0 Å². The van der Waals surface area contributed by atoms with Crippen molar-refractivity contribution in [2.75, 3.05) is 19.6 Å². The van der Waals surface area contributed by atoms with E-state index in [-0.39, 0.29) is 6.54 Å². The molecule has 0 aliphatic heterocycles. The SMILES string of the molecule is C=CCN(CC(=O)O)CC1CC1. The molecule has 0 bridgehead atoms. The summed E-state index contributed by atoms with van der Waals surface area (Å²) in [6.07, 6.45) is 4.27. The average Bonchev–Trinajstić information content (AvgIpc) is 2.70. The Hall–Kier alpha value is -0.830. The highest BCUT2D eigenvalue weighted by Crippen LogP contribution is 2.29. The van der Waals surface area contributed by atoms with Gasteiger partial charge < -0.3 is 5.11 Å². The van der Waals surface area contributed by atoms with Crippen LogP contribution in [0.1, 0.15) is 12.8 Å². The largest absolute Gasteiger partial charge is 0.480 e. The van der Waals surface area contributed by atoms with Crippen molar-refractivity contribution in [1.82, 2.24) is 4.90 Å². The van der Waals surface area contributed by atoms with Crippen molar-refractivity contribution in [3.05, 3.63) is 12.7 Å². The third kappa shape index (κ3) is 3.53. The first kappa shape index (κ1) is 9.26. The lowest BCUT2D eigenvalue weighted by molar-refractivity contribution is -0.138. The molecule has 0 aromatic heterocycles. The molecule has 0 aromatic rings. The summed E-state index contributed by atoms with van der Waals surface area (Å²) in [5.41, 5.74) is 0. The topological polar surface area (TPSA) is 40.5 Å². The molecule has 3 nitrogen and oxygen atoms in total. The van der Waals surface area contributed by atoms with E-state index in [2.05, 4.69) is 6.58 Å². The van der Waals surface area contributed by atoms with Crippen LogP contribution >= 0.6 is 0 Å². The number of carboxylic acid groups (broad SMARTS) is 1. The van der Waals surface area contributed by atoms with E-state index in [0.717, 1.165) is 12.5 Å². The van der Waals surface area contributed by atoms with Crippen LogP contribution in [-0.2, 0) is 4.79 Å². The predicted octanol–water partition coefficient (Wildman–Crippen LogP) is 0.969. The second-order valence-corrected chi connectivity index (χ2v) is 3.32. The first-order valence-corrected chi connectivity index (χ1v) is 4.27. The van der Waals surface area contributed by atoms with Gasteiger partial charge in [-0.1, -0.05) is 6.08 Å². The minimum Gasteiger partial charge on any atom is -0.480 e. The monoisotopic (exact) mass is 169 g/mol. The molecule has 1 fully saturated rings. The van der Waals surface area contributed by atoms with Crippen molar-refractivity contribution in [3.8, 4) is 0 Å². The van der Waals surface area contributed by atoms with Gasteiger partial charge in [-0.25, -0.2) is 0 Å². The van der Waals surface area contributed by atoms with Gasteiger partial charge in [-0.3, -0.25) is 9.69 Å². The van der Waals surface area contributed by atoms with Gasteiger partial charge in [-0.15, -0.1) is 6.58 Å². The summed E-state index contributed by atoms with van der Waals surface area (Å²) in [6.45, 7) is 5.34. The van der Waals surface area contributed by atoms with Gasteiger partial charge in [0.25, 0.3) is 0 Å². The van der Waals surface area contributed by atoms with Crippen LogP contribution in [0.3, 0.4) is 0 Å². The quantitative estimate of drug-likeness (QED) is 0.602. The second-order valence-electron chi connectivity index (χ2n) is 3.32. The number of hydrogen-bond acceptors (Lipinski definition) is 2. The van der Waals surface area contributed by atoms with Gasteiger partial charge in [0.2, 0.25) is 0 Å². The number of nitrogens with zero attached hydrogens (tertiary/aromatic N) is 1. The molecule has 1 rings (SSSR count). The maximum Gasteiger partial charge on any atom is 0.317 e. The van der Waals surface area contributed by atoms with E-state index >= 15 is 0 Å². The van der Waals surface area contributed by atoms with E-state index in [1.54, 1.807) is 6.08 Å². The maximum absolute atomic E-state index is 10.4. The molecule has 0 unspecified atom stereocenters. The molecule has 0 aromatic carbocycles. The predicted molar refractivity (Wildman–Crippen MR) is 47.0 cm³/mol. The van der Waals surface area contributed by atoms with Gasteiger partial charge in [-0.2, -0.15) is 0 Å². The molecule has 0 spiro atoms. The molecular formula is C9H15NO2. The van der Waals surface area contributed by atoms with E-state index in [1.165, 1.54) is 12.8 Å². The van der Waals surface area contributed by atoms with Gasteiger partial charge in [-0.05, 0) is 18.8 Å². The number of carbonyl (C=O) groups is 1. The Labute approximate surface area is 72.7 Å². The molecule has 3 heteroatoms. The van der Waals surface area contributed by atoms with Crippen LogP contribution in [0.25, 0.3) is 0 Å². The lowest BCUT2D eigenvalue weighted by Gasteiger charge is -2.17. The van der Waals surface area contributed by atoms with Gasteiger partial charge in [0.15, 0.2) is 0 Å². The number of carboxylic acids is 1. The molecule has 0 radical (unpaired) electrons. The Morgan fingerprint density at radius 2 is 2.33 bits per heavy atom. The highest BCUT2D eigenvalue weighted by atomic mass is 16.4. The van der Waals surface area contributed by atoms with E-state index in [9.17, 15) is 4.79 Å². The van der Waals surface area contributed by atoms with Gasteiger partial charge in [0, 0.05) is 13.1 Å². The van der Waals surface area contributed by atoms with Gasteiger partial charge in [0.05, 0.1) is 6.54 Å². The summed E-state index contributed by atoms with van der Waals surface area (Å²) in [5, 5.41) is 8.57. The van der Waals surface area contributed by atoms with Crippen molar-refractivity contribution in [2.24, 2.45) is 5.92 Å². The fourth-order valence-electron chi connectivity index (χ4n) is 1.24. The second kappa shape index (κ2) is 4.26. The highest BCUT2D eigenvalue weighted by molar-refractivity contribution is 5.69. The molecule has 0 amide bonds. The van der Waals surface area contributed by atoms with Crippen molar-refractivity contribution < 1.29 is 9.90 Å². The maximum atomic E-state index is 10.4. The first-order chi connectivity index (χ1) is 5.72. The van der Waals surface area contributed by atoms with Crippen LogP contribution in [0.2, 0.25) is 0 Å². The van der Waals surface area contributed by atoms with Gasteiger partial charge in [0.1, 0.15) is 0 Å². The number of hydrogen-bond donors (Lipinski definition) is 1. The fourth-order valence-corrected chi connectivity index (χ4v) is 1.24. The third-order valence-electron chi connectivity index (χ3n) is 1.96. The van der Waals surface area contributed by atoms with Crippen LogP contribution in [0, 0.1) is 5.92 Å². The standard InChI is InChI=1S/C9H15NO2/c1-2-5-10(7-9(11)12)6-8-3-4-8/h2,8H,1,3-7H2,(H,11,12). The fraction of sp³-hybridized carbons (Fsp3) is 0.667.